The van der Waals surface area contributed by atoms with E-state index in [9.17, 15) is 18.0 Å². The number of carbonyl (C=O) groups is 1. The highest BCUT2D eigenvalue weighted by Gasteiger charge is 2.37. The van der Waals surface area contributed by atoms with E-state index in [1.807, 2.05) is 18.2 Å². The second kappa shape index (κ2) is 12.0. The Bertz CT molecular complexity index is 1330. The Labute approximate surface area is 234 Å². The minimum absolute atomic E-state index is 0.187. The van der Waals surface area contributed by atoms with E-state index in [2.05, 4.69) is 19.8 Å². The molecule has 39 heavy (non-hydrogen) atoms. The van der Waals surface area contributed by atoms with Crippen LogP contribution in [0.1, 0.15) is 28.5 Å². The minimum Gasteiger partial charge on any atom is -0.338 e. The molecular weight excluding hydrogens is 547 g/mol. The first-order chi connectivity index (χ1) is 18.8. The van der Waals surface area contributed by atoms with Crippen LogP contribution < -0.4 is 4.90 Å². The molecular formula is C28H27ClF3N5OS. The molecule has 2 aliphatic heterocycles. The number of aromatic nitrogens is 2. The van der Waals surface area contributed by atoms with Crippen molar-refractivity contribution >= 4 is 41.3 Å². The monoisotopic (exact) mass is 573 g/mol. The van der Waals surface area contributed by atoms with Crippen LogP contribution in [-0.2, 0) is 11.0 Å². The lowest BCUT2D eigenvalue weighted by Gasteiger charge is -2.35. The molecule has 0 N–H and O–H groups in total. The molecule has 0 radical (unpaired) electrons. The zero-order valence-electron chi connectivity index (χ0n) is 21.0. The number of amides is 1. The Balaban J connectivity index is 1.26. The van der Waals surface area contributed by atoms with Gasteiger partial charge in [-0.1, -0.05) is 47.6 Å². The number of alkyl halides is 3. The van der Waals surface area contributed by atoms with Crippen LogP contribution >= 0.6 is 23.4 Å². The first kappa shape index (κ1) is 27.5. The van der Waals surface area contributed by atoms with Gasteiger partial charge in [-0.2, -0.15) is 13.2 Å². The van der Waals surface area contributed by atoms with Gasteiger partial charge in [0, 0.05) is 50.1 Å². The fourth-order valence-corrected chi connectivity index (χ4v) is 6.22. The molecule has 11 heteroatoms. The molecule has 6 nitrogen and oxygen atoms in total. The molecule has 2 saturated heterocycles. The number of hydrogen-bond acceptors (Lipinski definition) is 6. The summed E-state index contributed by atoms with van der Waals surface area (Å²) in [7, 11) is 0. The lowest BCUT2D eigenvalue weighted by molar-refractivity contribution is -0.137. The van der Waals surface area contributed by atoms with Crippen molar-refractivity contribution in [2.75, 3.05) is 44.2 Å². The quantitative estimate of drug-likeness (QED) is 0.324. The lowest BCUT2D eigenvalue weighted by atomic mass is 10.1. The topological polar surface area (TPSA) is 52.6 Å². The van der Waals surface area contributed by atoms with E-state index in [0.717, 1.165) is 62.8 Å². The molecule has 1 atom stereocenters. The van der Waals surface area contributed by atoms with Gasteiger partial charge in [-0.05, 0) is 60.5 Å². The lowest BCUT2D eigenvalue weighted by Crippen LogP contribution is -2.47. The highest BCUT2D eigenvalue weighted by molar-refractivity contribution is 8.04. The van der Waals surface area contributed by atoms with Crippen LogP contribution in [0.15, 0.2) is 71.9 Å². The molecule has 2 aromatic carbocycles. The third-order valence-corrected chi connectivity index (χ3v) is 8.25. The summed E-state index contributed by atoms with van der Waals surface area (Å²) >= 11 is 7.59. The molecule has 1 amide bonds. The minimum atomic E-state index is -4.45. The molecule has 204 valence electrons. The number of rotatable bonds is 7. The van der Waals surface area contributed by atoms with Crippen LogP contribution in [0.3, 0.4) is 0 Å². The van der Waals surface area contributed by atoms with Gasteiger partial charge >= 0.3 is 6.18 Å². The van der Waals surface area contributed by atoms with E-state index < -0.39 is 11.7 Å². The summed E-state index contributed by atoms with van der Waals surface area (Å²) in [5.74, 6) is 0.551. The van der Waals surface area contributed by atoms with Crippen molar-refractivity contribution in [2.45, 2.75) is 18.0 Å². The Morgan fingerprint density at radius 1 is 0.974 bits per heavy atom. The van der Waals surface area contributed by atoms with Crippen LogP contribution in [0.25, 0.3) is 6.08 Å². The molecule has 2 aliphatic rings. The Hall–Kier alpha value is -3.08. The van der Waals surface area contributed by atoms with E-state index in [1.54, 1.807) is 41.6 Å². The van der Waals surface area contributed by atoms with Crippen LogP contribution in [0.2, 0.25) is 5.02 Å². The molecule has 1 aromatic heterocycles. The van der Waals surface area contributed by atoms with Crippen molar-refractivity contribution in [1.29, 1.82) is 0 Å². The van der Waals surface area contributed by atoms with E-state index in [-0.39, 0.29) is 11.3 Å². The summed E-state index contributed by atoms with van der Waals surface area (Å²) < 4.78 is 39.6. The van der Waals surface area contributed by atoms with Crippen molar-refractivity contribution in [3.05, 3.63) is 93.6 Å². The number of nitrogens with zero attached hydrogens (tertiary/aromatic N) is 5. The maximum Gasteiger partial charge on any atom is 0.416 e. The SMILES string of the molecule is O=C1C(=Cc2cccc(C(F)(F)F)c2)SC(c2cccc(Cl)c2)N1CCCN1CCN(c2ncccn2)CC1. The van der Waals surface area contributed by atoms with E-state index in [0.29, 0.717) is 22.0 Å². The standard InChI is InChI=1S/C28H27ClF3N5OS/c29-23-8-2-6-21(19-23)26-37(12-4-11-35-13-15-36(16-14-35)27-33-9-3-10-34-27)25(38)24(39-26)18-20-5-1-7-22(17-20)28(30,31)32/h1-3,5-10,17-19,26H,4,11-16H2. The third kappa shape index (κ3) is 6.74. The smallest absolute Gasteiger partial charge is 0.338 e. The van der Waals surface area contributed by atoms with Crippen LogP contribution in [-0.4, -0.2) is 64.9 Å². The number of benzene rings is 2. The summed E-state index contributed by atoms with van der Waals surface area (Å²) in [6, 6.07) is 14.2. The van der Waals surface area contributed by atoms with E-state index in [1.165, 1.54) is 17.8 Å². The highest BCUT2D eigenvalue weighted by Crippen LogP contribution is 2.46. The Morgan fingerprint density at radius 3 is 2.44 bits per heavy atom. The molecule has 3 aromatic rings. The van der Waals surface area contributed by atoms with Crippen molar-refractivity contribution < 1.29 is 18.0 Å². The summed E-state index contributed by atoms with van der Waals surface area (Å²) in [5.41, 5.74) is 0.479. The summed E-state index contributed by atoms with van der Waals surface area (Å²) in [6.07, 6.45) is 1.35. The van der Waals surface area contributed by atoms with Gasteiger partial charge < -0.3 is 9.80 Å². The zero-order chi connectivity index (χ0) is 27.4. The van der Waals surface area contributed by atoms with E-state index in [4.69, 9.17) is 11.6 Å². The fraction of sp³-hybridized carbons (Fsp3) is 0.321. The molecule has 1 unspecified atom stereocenters. The predicted octanol–water partition coefficient (Wildman–Crippen LogP) is 5.98. The number of thioether (sulfide) groups is 1. The van der Waals surface area contributed by atoms with Gasteiger partial charge in [-0.25, -0.2) is 9.97 Å². The van der Waals surface area contributed by atoms with Crippen molar-refractivity contribution in [3.8, 4) is 0 Å². The van der Waals surface area contributed by atoms with Gasteiger partial charge in [0.1, 0.15) is 5.37 Å². The highest BCUT2D eigenvalue weighted by atomic mass is 35.5. The number of carbonyl (C=O) groups excluding carboxylic acids is 1. The number of piperazine rings is 1. The molecule has 3 heterocycles. The normalized spacial score (nSPS) is 19.7. The van der Waals surface area contributed by atoms with Crippen molar-refractivity contribution in [2.24, 2.45) is 0 Å². The zero-order valence-corrected chi connectivity index (χ0v) is 22.6. The maximum absolute atomic E-state index is 13.5. The first-order valence-corrected chi connectivity index (χ1v) is 13.9. The number of halogens is 4. The number of anilines is 1. The summed E-state index contributed by atoms with van der Waals surface area (Å²) in [4.78, 5) is 28.9. The molecule has 0 saturated carbocycles. The average Bonchev–Trinajstić information content (AvgIpc) is 3.24. The number of hydrogen-bond donors (Lipinski definition) is 0. The van der Waals surface area contributed by atoms with E-state index >= 15 is 0 Å². The molecule has 0 aliphatic carbocycles. The molecule has 5 rings (SSSR count). The fourth-order valence-electron chi connectivity index (χ4n) is 4.75. The first-order valence-electron chi connectivity index (χ1n) is 12.6. The summed E-state index contributed by atoms with van der Waals surface area (Å²) in [5, 5.41) is 0.261. The van der Waals surface area contributed by atoms with Crippen LogP contribution in [0.4, 0.5) is 19.1 Å². The molecule has 0 spiro atoms. The van der Waals surface area contributed by atoms with Gasteiger partial charge in [-0.3, -0.25) is 9.69 Å². The van der Waals surface area contributed by atoms with Crippen LogP contribution in [0.5, 0.6) is 0 Å². The van der Waals surface area contributed by atoms with Gasteiger partial charge in [0.2, 0.25) is 5.95 Å². The predicted molar refractivity (Wildman–Crippen MR) is 148 cm³/mol. The average molecular weight is 574 g/mol. The van der Waals surface area contributed by atoms with Crippen LogP contribution in [0, 0.1) is 0 Å². The van der Waals surface area contributed by atoms with Gasteiger partial charge in [0.25, 0.3) is 5.91 Å². The Morgan fingerprint density at radius 2 is 1.72 bits per heavy atom. The summed E-state index contributed by atoms with van der Waals surface area (Å²) in [6.45, 7) is 4.76. The maximum atomic E-state index is 13.5. The van der Waals surface area contributed by atoms with Gasteiger partial charge in [-0.15, -0.1) is 0 Å². The van der Waals surface area contributed by atoms with Gasteiger partial charge in [0.05, 0.1) is 10.5 Å². The molecule has 0 bridgehead atoms. The second-order valence-corrected chi connectivity index (χ2v) is 10.9. The third-order valence-electron chi connectivity index (χ3n) is 6.72. The second-order valence-electron chi connectivity index (χ2n) is 9.39. The van der Waals surface area contributed by atoms with Gasteiger partial charge in [0.15, 0.2) is 0 Å². The Kier molecular flexibility index (Phi) is 8.44. The molecule has 2 fully saturated rings. The largest absolute Gasteiger partial charge is 0.416 e. The van der Waals surface area contributed by atoms with Crippen molar-refractivity contribution in [1.82, 2.24) is 19.8 Å². The van der Waals surface area contributed by atoms with Crippen molar-refractivity contribution in [3.63, 3.8) is 0 Å².